The molecule has 0 bridgehead atoms. The van der Waals surface area contributed by atoms with Crippen LogP contribution in [-0.4, -0.2) is 14.5 Å². The summed E-state index contributed by atoms with van der Waals surface area (Å²) >= 11 is 0. The Morgan fingerprint density at radius 2 is 1.89 bits per heavy atom. The van der Waals surface area contributed by atoms with Crippen molar-refractivity contribution in [3.05, 3.63) is 60.3 Å². The number of fused-ring (bicyclic) bond motifs is 1. The Hall–Kier alpha value is -2.16. The molecule has 0 unspecified atom stereocenters. The van der Waals surface area contributed by atoms with Crippen LogP contribution in [0.4, 0.5) is 0 Å². The van der Waals surface area contributed by atoms with Gasteiger partial charge in [0.2, 0.25) is 0 Å². The standard InChI is InChI=1S/C16H17N3/c1-12(2)16-18-9-10-19(16)11-14-6-3-5-13-7-4-8-17-15(13)14/h3-10,12H,11H2,1-2H3. The summed E-state index contributed by atoms with van der Waals surface area (Å²) in [4.78, 5) is 8.94. The molecular formula is C16H17N3. The lowest BCUT2D eigenvalue weighted by atomic mass is 10.1. The maximum absolute atomic E-state index is 4.50. The van der Waals surface area contributed by atoms with Gasteiger partial charge in [-0.25, -0.2) is 4.98 Å². The molecule has 0 N–H and O–H groups in total. The zero-order valence-corrected chi connectivity index (χ0v) is 11.2. The highest BCUT2D eigenvalue weighted by molar-refractivity contribution is 5.81. The number of para-hydroxylation sites is 1. The van der Waals surface area contributed by atoms with E-state index in [4.69, 9.17) is 0 Å². The van der Waals surface area contributed by atoms with Gasteiger partial charge in [-0.05, 0) is 11.6 Å². The van der Waals surface area contributed by atoms with E-state index in [2.05, 4.69) is 52.6 Å². The van der Waals surface area contributed by atoms with Gasteiger partial charge in [0, 0.05) is 29.9 Å². The van der Waals surface area contributed by atoms with E-state index in [-0.39, 0.29) is 0 Å². The number of hydrogen-bond acceptors (Lipinski definition) is 2. The van der Waals surface area contributed by atoms with Crippen LogP contribution in [0.2, 0.25) is 0 Å². The Labute approximate surface area is 112 Å². The van der Waals surface area contributed by atoms with E-state index in [1.807, 2.05) is 24.7 Å². The quantitative estimate of drug-likeness (QED) is 0.712. The zero-order valence-electron chi connectivity index (χ0n) is 11.2. The molecule has 0 radical (unpaired) electrons. The monoisotopic (exact) mass is 251 g/mol. The van der Waals surface area contributed by atoms with Crippen LogP contribution in [0.1, 0.15) is 31.2 Å². The zero-order chi connectivity index (χ0) is 13.2. The molecule has 0 amide bonds. The van der Waals surface area contributed by atoms with Crippen LogP contribution in [0.3, 0.4) is 0 Å². The van der Waals surface area contributed by atoms with Crippen molar-refractivity contribution in [1.82, 2.24) is 14.5 Å². The number of pyridine rings is 1. The van der Waals surface area contributed by atoms with Gasteiger partial charge in [0.1, 0.15) is 5.82 Å². The van der Waals surface area contributed by atoms with Gasteiger partial charge in [0.25, 0.3) is 0 Å². The summed E-state index contributed by atoms with van der Waals surface area (Å²) in [7, 11) is 0. The van der Waals surface area contributed by atoms with Crippen molar-refractivity contribution in [1.29, 1.82) is 0 Å². The maximum Gasteiger partial charge on any atom is 0.111 e. The lowest BCUT2D eigenvalue weighted by Gasteiger charge is -2.11. The average molecular weight is 251 g/mol. The molecule has 3 rings (SSSR count). The first-order valence-electron chi connectivity index (χ1n) is 6.59. The van der Waals surface area contributed by atoms with Crippen molar-refractivity contribution in [2.45, 2.75) is 26.3 Å². The fourth-order valence-electron chi connectivity index (χ4n) is 2.43. The van der Waals surface area contributed by atoms with Gasteiger partial charge in [-0.1, -0.05) is 38.1 Å². The fourth-order valence-corrected chi connectivity index (χ4v) is 2.43. The number of rotatable bonds is 3. The molecule has 3 aromatic rings. The first kappa shape index (κ1) is 11.9. The number of aromatic nitrogens is 3. The lowest BCUT2D eigenvalue weighted by Crippen LogP contribution is -2.06. The van der Waals surface area contributed by atoms with Gasteiger partial charge >= 0.3 is 0 Å². The Kier molecular flexibility index (Phi) is 3.03. The molecule has 0 aliphatic rings. The van der Waals surface area contributed by atoms with Crippen molar-refractivity contribution in [2.24, 2.45) is 0 Å². The molecule has 3 heteroatoms. The van der Waals surface area contributed by atoms with Crippen molar-refractivity contribution in [3.63, 3.8) is 0 Å². The van der Waals surface area contributed by atoms with Gasteiger partial charge in [-0.2, -0.15) is 0 Å². The van der Waals surface area contributed by atoms with E-state index in [0.717, 1.165) is 17.9 Å². The van der Waals surface area contributed by atoms with E-state index in [1.165, 1.54) is 10.9 Å². The minimum Gasteiger partial charge on any atom is -0.330 e. The highest BCUT2D eigenvalue weighted by atomic mass is 15.1. The molecule has 0 fully saturated rings. The van der Waals surface area contributed by atoms with Crippen LogP contribution in [0, 0.1) is 0 Å². The van der Waals surface area contributed by atoms with Crippen LogP contribution in [-0.2, 0) is 6.54 Å². The second-order valence-corrected chi connectivity index (χ2v) is 5.06. The highest BCUT2D eigenvalue weighted by Crippen LogP contribution is 2.19. The Balaban J connectivity index is 2.04. The summed E-state index contributed by atoms with van der Waals surface area (Å²) in [6.45, 7) is 5.15. The first-order chi connectivity index (χ1) is 9.25. The summed E-state index contributed by atoms with van der Waals surface area (Å²) in [6, 6.07) is 10.4. The average Bonchev–Trinajstić information content (AvgIpc) is 2.87. The molecular weight excluding hydrogens is 234 g/mol. The Bertz CT molecular complexity index is 693. The van der Waals surface area contributed by atoms with Crippen molar-refractivity contribution >= 4 is 10.9 Å². The number of benzene rings is 1. The minimum atomic E-state index is 0.429. The summed E-state index contributed by atoms with van der Waals surface area (Å²) in [6.07, 6.45) is 5.76. The largest absolute Gasteiger partial charge is 0.330 e. The number of nitrogens with zero attached hydrogens (tertiary/aromatic N) is 3. The molecule has 2 aromatic heterocycles. The predicted molar refractivity (Wildman–Crippen MR) is 77.2 cm³/mol. The van der Waals surface area contributed by atoms with Gasteiger partial charge in [0.15, 0.2) is 0 Å². The Morgan fingerprint density at radius 3 is 2.74 bits per heavy atom. The predicted octanol–water partition coefficient (Wildman–Crippen LogP) is 3.60. The Morgan fingerprint density at radius 1 is 1.05 bits per heavy atom. The number of hydrogen-bond donors (Lipinski definition) is 0. The molecule has 0 aliphatic heterocycles. The highest BCUT2D eigenvalue weighted by Gasteiger charge is 2.09. The second kappa shape index (κ2) is 4.84. The van der Waals surface area contributed by atoms with Gasteiger partial charge in [0.05, 0.1) is 12.1 Å². The molecule has 1 aromatic carbocycles. The van der Waals surface area contributed by atoms with E-state index < -0.39 is 0 Å². The van der Waals surface area contributed by atoms with E-state index in [0.29, 0.717) is 5.92 Å². The van der Waals surface area contributed by atoms with Crippen LogP contribution < -0.4 is 0 Å². The van der Waals surface area contributed by atoms with Crippen LogP contribution >= 0.6 is 0 Å². The van der Waals surface area contributed by atoms with Crippen LogP contribution in [0.15, 0.2) is 48.9 Å². The lowest BCUT2D eigenvalue weighted by molar-refractivity contribution is 0.671. The van der Waals surface area contributed by atoms with Crippen molar-refractivity contribution < 1.29 is 0 Å². The van der Waals surface area contributed by atoms with Gasteiger partial charge in [-0.3, -0.25) is 4.98 Å². The molecule has 3 nitrogen and oxygen atoms in total. The van der Waals surface area contributed by atoms with Crippen LogP contribution in [0.25, 0.3) is 10.9 Å². The molecule has 0 aliphatic carbocycles. The third-order valence-electron chi connectivity index (χ3n) is 3.32. The SMILES string of the molecule is CC(C)c1nccn1Cc1cccc2cccnc12. The normalized spacial score (nSPS) is 11.3. The first-order valence-corrected chi connectivity index (χ1v) is 6.59. The summed E-state index contributed by atoms with van der Waals surface area (Å²) in [5, 5.41) is 1.19. The van der Waals surface area contributed by atoms with E-state index >= 15 is 0 Å². The van der Waals surface area contributed by atoms with Crippen molar-refractivity contribution in [2.75, 3.05) is 0 Å². The smallest absolute Gasteiger partial charge is 0.111 e. The molecule has 0 atom stereocenters. The van der Waals surface area contributed by atoms with Gasteiger partial charge in [-0.15, -0.1) is 0 Å². The van der Waals surface area contributed by atoms with Crippen molar-refractivity contribution in [3.8, 4) is 0 Å². The van der Waals surface area contributed by atoms with E-state index in [1.54, 1.807) is 0 Å². The molecule has 19 heavy (non-hydrogen) atoms. The summed E-state index contributed by atoms with van der Waals surface area (Å²) < 4.78 is 2.20. The summed E-state index contributed by atoms with van der Waals surface area (Å²) in [5.41, 5.74) is 2.31. The third kappa shape index (κ3) is 2.24. The maximum atomic E-state index is 4.50. The molecule has 96 valence electrons. The third-order valence-corrected chi connectivity index (χ3v) is 3.32. The van der Waals surface area contributed by atoms with Gasteiger partial charge < -0.3 is 4.57 Å². The van der Waals surface area contributed by atoms with Crippen LogP contribution in [0.5, 0.6) is 0 Å². The molecule has 0 saturated carbocycles. The molecule has 0 spiro atoms. The minimum absolute atomic E-state index is 0.429. The summed E-state index contributed by atoms with van der Waals surface area (Å²) in [5.74, 6) is 1.55. The van der Waals surface area contributed by atoms with E-state index in [9.17, 15) is 0 Å². The fraction of sp³-hybridized carbons (Fsp3) is 0.250. The number of imidazole rings is 1. The second-order valence-electron chi connectivity index (χ2n) is 5.06. The molecule has 0 saturated heterocycles. The topological polar surface area (TPSA) is 30.7 Å². The molecule has 2 heterocycles.